The summed E-state index contributed by atoms with van der Waals surface area (Å²) in [6.07, 6.45) is 1.54. The van der Waals surface area contributed by atoms with Gasteiger partial charge in [-0.1, -0.05) is 6.07 Å². The molecule has 3 rings (SSSR count). The van der Waals surface area contributed by atoms with Gasteiger partial charge in [-0.05, 0) is 39.2 Å². The molecule has 0 amide bonds. The molecule has 112 valence electrons. The Morgan fingerprint density at radius 1 is 1.41 bits per heavy atom. The molecule has 0 saturated carbocycles. The van der Waals surface area contributed by atoms with E-state index in [2.05, 4.69) is 31.0 Å². The summed E-state index contributed by atoms with van der Waals surface area (Å²) in [5.74, 6) is 0.239. The molecule has 0 saturated heterocycles. The van der Waals surface area contributed by atoms with Gasteiger partial charge in [-0.3, -0.25) is 10.1 Å². The van der Waals surface area contributed by atoms with E-state index in [1.165, 1.54) is 12.3 Å². The highest BCUT2D eigenvalue weighted by molar-refractivity contribution is 9.10. The normalized spacial score (nSPS) is 11.0. The molecule has 0 unspecified atom stereocenters. The van der Waals surface area contributed by atoms with Crippen molar-refractivity contribution in [1.82, 2.24) is 19.7 Å². The average molecular weight is 384 g/mol. The lowest BCUT2D eigenvalue weighted by molar-refractivity contribution is -0.385. The smallest absolute Gasteiger partial charge is 0.283 e. The number of benzene rings is 1. The van der Waals surface area contributed by atoms with E-state index in [0.717, 1.165) is 0 Å². The van der Waals surface area contributed by atoms with Gasteiger partial charge in [0.2, 0.25) is 5.28 Å². The van der Waals surface area contributed by atoms with E-state index in [4.69, 9.17) is 17.3 Å². The minimum absolute atomic E-state index is 0.0128. The Bertz CT molecular complexity index is 897. The summed E-state index contributed by atoms with van der Waals surface area (Å²) in [6.45, 7) is 0.296. The van der Waals surface area contributed by atoms with Gasteiger partial charge in [-0.25, -0.2) is 9.67 Å². The molecule has 2 heterocycles. The zero-order chi connectivity index (χ0) is 15.9. The van der Waals surface area contributed by atoms with Gasteiger partial charge in [0, 0.05) is 6.07 Å². The zero-order valence-corrected chi connectivity index (χ0v) is 13.2. The van der Waals surface area contributed by atoms with Gasteiger partial charge in [0.1, 0.15) is 5.82 Å². The van der Waals surface area contributed by atoms with Crippen LogP contribution in [0.3, 0.4) is 0 Å². The number of hydrogen-bond donors (Lipinski definition) is 1. The Labute approximate surface area is 137 Å². The molecule has 2 N–H and O–H groups in total. The number of hydrogen-bond acceptors (Lipinski definition) is 6. The number of nitro groups is 1. The van der Waals surface area contributed by atoms with E-state index >= 15 is 0 Å². The van der Waals surface area contributed by atoms with Crippen molar-refractivity contribution in [3.8, 4) is 0 Å². The molecule has 1 aromatic carbocycles. The van der Waals surface area contributed by atoms with Gasteiger partial charge in [-0.2, -0.15) is 10.1 Å². The van der Waals surface area contributed by atoms with Crippen LogP contribution in [0.1, 0.15) is 5.56 Å². The highest BCUT2D eigenvalue weighted by atomic mass is 79.9. The number of rotatable bonds is 3. The van der Waals surface area contributed by atoms with Gasteiger partial charge in [0.05, 0.1) is 27.5 Å². The minimum Gasteiger partial charge on any atom is -0.383 e. The monoisotopic (exact) mass is 382 g/mol. The topological polar surface area (TPSA) is 113 Å². The molecular formula is C12H8BrClN6O2. The fourth-order valence-electron chi connectivity index (χ4n) is 2.03. The third-order valence-corrected chi connectivity index (χ3v) is 3.88. The van der Waals surface area contributed by atoms with Crippen LogP contribution in [0.25, 0.3) is 11.0 Å². The summed E-state index contributed by atoms with van der Waals surface area (Å²) in [5.41, 5.74) is 6.93. The number of nitro benzene ring substituents is 1. The average Bonchev–Trinajstić information content (AvgIpc) is 2.84. The van der Waals surface area contributed by atoms with Crippen LogP contribution in [-0.2, 0) is 6.54 Å². The van der Waals surface area contributed by atoms with Gasteiger partial charge >= 0.3 is 0 Å². The highest BCUT2D eigenvalue weighted by Crippen LogP contribution is 2.26. The number of fused-ring (bicyclic) bond motifs is 1. The first-order chi connectivity index (χ1) is 10.5. The molecule has 0 aliphatic heterocycles. The molecular weight excluding hydrogens is 376 g/mol. The largest absolute Gasteiger partial charge is 0.383 e. The highest BCUT2D eigenvalue weighted by Gasteiger charge is 2.14. The molecule has 22 heavy (non-hydrogen) atoms. The van der Waals surface area contributed by atoms with Gasteiger partial charge in [-0.15, -0.1) is 0 Å². The fraction of sp³-hybridized carbons (Fsp3) is 0.0833. The first-order valence-corrected chi connectivity index (χ1v) is 7.20. The number of aromatic nitrogens is 4. The standard InChI is InChI=1S/C12H8BrClN6O2/c13-8-2-1-6(3-9(8)20(21)22)5-19-11-7(4-16-19)10(15)17-12(14)18-11/h1-4H,5H2,(H2,15,17,18). The molecule has 8 nitrogen and oxygen atoms in total. The molecule has 0 atom stereocenters. The summed E-state index contributed by atoms with van der Waals surface area (Å²) in [5, 5.41) is 15.8. The Morgan fingerprint density at radius 2 is 2.18 bits per heavy atom. The molecule has 10 heteroatoms. The number of halogens is 2. The Kier molecular flexibility index (Phi) is 3.67. The summed E-state index contributed by atoms with van der Waals surface area (Å²) in [4.78, 5) is 18.5. The summed E-state index contributed by atoms with van der Waals surface area (Å²) < 4.78 is 1.98. The maximum atomic E-state index is 11.0. The van der Waals surface area contributed by atoms with E-state index < -0.39 is 4.92 Å². The van der Waals surface area contributed by atoms with Crippen molar-refractivity contribution in [3.05, 3.63) is 49.8 Å². The van der Waals surface area contributed by atoms with Crippen molar-refractivity contribution in [2.45, 2.75) is 6.54 Å². The molecule has 0 aliphatic carbocycles. The Hall–Kier alpha value is -2.26. The van der Waals surface area contributed by atoms with Gasteiger partial charge in [0.15, 0.2) is 5.65 Å². The van der Waals surface area contributed by atoms with Crippen LogP contribution in [0.5, 0.6) is 0 Å². The minimum atomic E-state index is -0.453. The predicted octanol–water partition coefficient (Wildman–Crippen LogP) is 2.78. The predicted molar refractivity (Wildman–Crippen MR) is 84.6 cm³/mol. The van der Waals surface area contributed by atoms with Crippen molar-refractivity contribution >= 4 is 50.1 Å². The van der Waals surface area contributed by atoms with Gasteiger partial charge < -0.3 is 5.73 Å². The van der Waals surface area contributed by atoms with Crippen LogP contribution in [0.2, 0.25) is 5.28 Å². The SMILES string of the molecule is Nc1nc(Cl)nc2c1cnn2Cc1ccc(Br)c([N+](=O)[O-])c1. The first kappa shape index (κ1) is 14.7. The molecule has 0 fully saturated rings. The molecule has 0 spiro atoms. The second-order valence-corrected chi connectivity index (χ2v) is 5.65. The second kappa shape index (κ2) is 5.50. The van der Waals surface area contributed by atoms with Crippen molar-refractivity contribution in [3.63, 3.8) is 0 Å². The van der Waals surface area contributed by atoms with E-state index in [1.807, 2.05) is 0 Å². The molecule has 2 aromatic heterocycles. The van der Waals surface area contributed by atoms with Gasteiger partial charge in [0.25, 0.3) is 5.69 Å². The third-order valence-electron chi connectivity index (χ3n) is 3.04. The Balaban J connectivity index is 2.04. The van der Waals surface area contributed by atoms with Crippen LogP contribution in [0.15, 0.2) is 28.9 Å². The summed E-state index contributed by atoms with van der Waals surface area (Å²) in [7, 11) is 0. The lowest BCUT2D eigenvalue weighted by Gasteiger charge is -2.05. The molecule has 0 bridgehead atoms. The number of anilines is 1. The molecule has 0 radical (unpaired) electrons. The molecule has 0 aliphatic rings. The van der Waals surface area contributed by atoms with Crippen molar-refractivity contribution in [2.24, 2.45) is 0 Å². The van der Waals surface area contributed by atoms with Crippen LogP contribution in [0.4, 0.5) is 11.5 Å². The van der Waals surface area contributed by atoms with Crippen LogP contribution in [0, 0.1) is 10.1 Å². The maximum Gasteiger partial charge on any atom is 0.283 e. The maximum absolute atomic E-state index is 11.0. The van der Waals surface area contributed by atoms with Crippen molar-refractivity contribution < 1.29 is 4.92 Å². The zero-order valence-electron chi connectivity index (χ0n) is 10.9. The first-order valence-electron chi connectivity index (χ1n) is 6.03. The Morgan fingerprint density at radius 3 is 2.91 bits per heavy atom. The van der Waals surface area contributed by atoms with Crippen molar-refractivity contribution in [1.29, 1.82) is 0 Å². The molecule has 3 aromatic rings. The summed E-state index contributed by atoms with van der Waals surface area (Å²) >= 11 is 8.95. The van der Waals surface area contributed by atoms with E-state index in [9.17, 15) is 10.1 Å². The lowest BCUT2D eigenvalue weighted by Crippen LogP contribution is -2.04. The number of nitrogens with two attached hydrogens (primary N) is 1. The number of nitrogen functional groups attached to an aromatic ring is 1. The quantitative estimate of drug-likeness (QED) is 0.423. The van der Waals surface area contributed by atoms with E-state index in [0.29, 0.717) is 27.6 Å². The summed E-state index contributed by atoms with van der Waals surface area (Å²) in [6, 6.07) is 4.86. The second-order valence-electron chi connectivity index (χ2n) is 4.46. The lowest BCUT2D eigenvalue weighted by atomic mass is 10.2. The van der Waals surface area contributed by atoms with E-state index in [1.54, 1.807) is 16.8 Å². The third kappa shape index (κ3) is 2.60. The van der Waals surface area contributed by atoms with Crippen LogP contribution < -0.4 is 5.73 Å². The van der Waals surface area contributed by atoms with E-state index in [-0.39, 0.29) is 16.8 Å². The van der Waals surface area contributed by atoms with Crippen molar-refractivity contribution in [2.75, 3.05) is 5.73 Å². The van der Waals surface area contributed by atoms with Crippen LogP contribution in [-0.4, -0.2) is 24.7 Å². The number of nitrogens with zero attached hydrogens (tertiary/aromatic N) is 5. The fourth-order valence-corrected chi connectivity index (χ4v) is 2.60. The van der Waals surface area contributed by atoms with Crippen LogP contribution >= 0.6 is 27.5 Å².